The van der Waals surface area contributed by atoms with Crippen molar-refractivity contribution in [1.82, 2.24) is 4.90 Å². The van der Waals surface area contributed by atoms with Crippen molar-refractivity contribution < 1.29 is 9.47 Å². The quantitative estimate of drug-likeness (QED) is 0.789. The highest BCUT2D eigenvalue weighted by Crippen LogP contribution is 2.83. The Morgan fingerprint density at radius 1 is 1.14 bits per heavy atom. The number of hydrogen-bond donors (Lipinski definition) is 0. The zero-order valence-corrected chi connectivity index (χ0v) is 13.5. The summed E-state index contributed by atoms with van der Waals surface area (Å²) in [6, 6.07) is 11.1. The smallest absolute Gasteiger partial charge is 0.138 e. The van der Waals surface area contributed by atoms with Crippen molar-refractivity contribution in [3.63, 3.8) is 0 Å². The molecule has 2 saturated carbocycles. The third-order valence-corrected chi connectivity index (χ3v) is 7.41. The van der Waals surface area contributed by atoms with E-state index in [9.17, 15) is 0 Å². The van der Waals surface area contributed by atoms with E-state index in [1.165, 1.54) is 24.8 Å². The fourth-order valence-corrected chi connectivity index (χ4v) is 5.86. The Kier molecular flexibility index (Phi) is 2.54. The summed E-state index contributed by atoms with van der Waals surface area (Å²) in [6.45, 7) is 6.41. The van der Waals surface area contributed by atoms with Crippen LogP contribution < -0.4 is 0 Å². The molecule has 2 spiro atoms. The van der Waals surface area contributed by atoms with E-state index in [4.69, 9.17) is 9.47 Å². The molecular weight excluding hydrogens is 274 g/mol. The van der Waals surface area contributed by atoms with Crippen molar-refractivity contribution >= 4 is 0 Å². The number of fused-ring (bicyclic) bond motifs is 2. The maximum Gasteiger partial charge on any atom is 0.138 e. The lowest BCUT2D eigenvalue weighted by Crippen LogP contribution is -2.48. The molecule has 3 nitrogen and oxygen atoms in total. The van der Waals surface area contributed by atoms with Crippen molar-refractivity contribution in [2.24, 2.45) is 10.8 Å². The Labute approximate surface area is 132 Å². The van der Waals surface area contributed by atoms with Crippen LogP contribution in [0, 0.1) is 10.8 Å². The van der Waals surface area contributed by atoms with Crippen molar-refractivity contribution in [2.45, 2.75) is 57.4 Å². The molecule has 4 aliphatic rings. The third-order valence-electron chi connectivity index (χ3n) is 7.41. The van der Waals surface area contributed by atoms with Gasteiger partial charge in [-0.25, -0.2) is 4.90 Å². The fraction of sp³-hybridized carbons (Fsp3) is 0.684. The molecule has 22 heavy (non-hydrogen) atoms. The second kappa shape index (κ2) is 4.14. The molecule has 0 radical (unpaired) electrons. The van der Waals surface area contributed by atoms with Crippen LogP contribution in [-0.4, -0.2) is 29.9 Å². The van der Waals surface area contributed by atoms with Crippen LogP contribution in [0.1, 0.15) is 51.3 Å². The van der Waals surface area contributed by atoms with Gasteiger partial charge >= 0.3 is 0 Å². The first-order valence-electron chi connectivity index (χ1n) is 8.68. The van der Waals surface area contributed by atoms with Gasteiger partial charge in [-0.1, -0.05) is 50.6 Å². The molecule has 2 aliphatic heterocycles. The van der Waals surface area contributed by atoms with Gasteiger partial charge in [0.1, 0.15) is 13.0 Å². The molecule has 1 aromatic carbocycles. The maximum atomic E-state index is 6.56. The minimum absolute atomic E-state index is 0.0720. The Bertz CT molecular complexity index is 595. The molecule has 5 rings (SSSR count). The summed E-state index contributed by atoms with van der Waals surface area (Å²) in [4.78, 5) is 2.42. The van der Waals surface area contributed by atoms with Crippen LogP contribution in [0.5, 0.6) is 0 Å². The molecule has 4 fully saturated rings. The molecule has 3 atom stereocenters. The number of nitrogens with zero attached hydrogens (tertiary/aromatic N) is 1. The van der Waals surface area contributed by atoms with Gasteiger partial charge in [0.15, 0.2) is 0 Å². The van der Waals surface area contributed by atoms with E-state index in [-0.39, 0.29) is 11.8 Å². The molecular formula is C19H25NO2. The molecule has 1 aromatic rings. The van der Waals surface area contributed by atoms with Gasteiger partial charge in [0.05, 0.1) is 12.2 Å². The van der Waals surface area contributed by atoms with E-state index in [0.29, 0.717) is 16.9 Å². The van der Waals surface area contributed by atoms with Crippen molar-refractivity contribution in [1.29, 1.82) is 0 Å². The first kappa shape index (κ1) is 13.5. The molecule has 2 aliphatic carbocycles. The lowest BCUT2D eigenvalue weighted by atomic mass is 9.74. The second-order valence-corrected chi connectivity index (χ2v) is 8.13. The van der Waals surface area contributed by atoms with E-state index >= 15 is 0 Å². The minimum atomic E-state index is 0.0720. The van der Waals surface area contributed by atoms with Gasteiger partial charge in [-0.3, -0.25) is 0 Å². The van der Waals surface area contributed by atoms with Crippen LogP contribution in [-0.2, 0) is 9.47 Å². The predicted octanol–water partition coefficient (Wildman–Crippen LogP) is 3.71. The normalized spacial score (nSPS) is 41.4. The Balaban J connectivity index is 1.40. The molecule has 0 amide bonds. The van der Waals surface area contributed by atoms with E-state index < -0.39 is 0 Å². The van der Waals surface area contributed by atoms with Gasteiger partial charge in [-0.05, 0) is 24.8 Å². The van der Waals surface area contributed by atoms with Crippen LogP contribution in [0.25, 0.3) is 0 Å². The lowest BCUT2D eigenvalue weighted by Gasteiger charge is -2.41. The highest BCUT2D eigenvalue weighted by Gasteiger charge is 2.85. The number of hydrogen-bond acceptors (Lipinski definition) is 3. The summed E-state index contributed by atoms with van der Waals surface area (Å²) in [7, 11) is 0. The molecule has 118 valence electrons. The Morgan fingerprint density at radius 3 is 2.55 bits per heavy atom. The largest absolute Gasteiger partial charge is 0.358 e. The summed E-state index contributed by atoms with van der Waals surface area (Å²) in [6.07, 6.45) is 5.31. The second-order valence-electron chi connectivity index (χ2n) is 8.13. The monoisotopic (exact) mass is 299 g/mol. The van der Waals surface area contributed by atoms with Gasteiger partial charge in [-0.15, -0.1) is 0 Å². The molecule has 0 aromatic heterocycles. The highest BCUT2D eigenvalue weighted by molar-refractivity contribution is 5.34. The molecule has 0 bridgehead atoms. The fourth-order valence-electron chi connectivity index (χ4n) is 5.86. The molecule has 2 saturated heterocycles. The molecule has 3 heteroatoms. The first-order valence-corrected chi connectivity index (χ1v) is 8.68. The van der Waals surface area contributed by atoms with Crippen molar-refractivity contribution in [3.8, 4) is 0 Å². The summed E-state index contributed by atoms with van der Waals surface area (Å²) in [5.74, 6) is 0. The number of benzene rings is 1. The van der Waals surface area contributed by atoms with Gasteiger partial charge in [-0.2, -0.15) is 0 Å². The first-order chi connectivity index (χ1) is 10.6. The lowest BCUT2D eigenvalue weighted by molar-refractivity contribution is -0.151. The number of ether oxygens (including phenoxy) is 2. The van der Waals surface area contributed by atoms with Crippen LogP contribution >= 0.6 is 0 Å². The van der Waals surface area contributed by atoms with Gasteiger partial charge in [0.25, 0.3) is 0 Å². The Hall–Kier alpha value is -0.900. The highest BCUT2D eigenvalue weighted by atomic mass is 16.6. The molecule has 0 N–H and O–H groups in total. The summed E-state index contributed by atoms with van der Waals surface area (Å²) in [5, 5.41) is 0. The van der Waals surface area contributed by atoms with Crippen LogP contribution in [0.4, 0.5) is 0 Å². The third kappa shape index (κ3) is 1.35. The standard InChI is InChI=1S/C19H25NO2/c1-17(2)18(9-6-10-18)19(17)11-15-12-21-16(20(15)13-22-19)14-7-4-3-5-8-14/h3-5,7-8,15-16H,6,9-13H2,1-2H3/t15?,16-,19?/m1/s1. The summed E-state index contributed by atoms with van der Waals surface area (Å²) >= 11 is 0. The van der Waals surface area contributed by atoms with E-state index in [2.05, 4.69) is 49.1 Å². The SMILES string of the molecule is CC1(C)C2(CCC2)C12CC1CO[C@H](c3ccccc3)N1CO2. The van der Waals surface area contributed by atoms with Crippen molar-refractivity contribution in [3.05, 3.63) is 35.9 Å². The van der Waals surface area contributed by atoms with Gasteiger partial charge in [0.2, 0.25) is 0 Å². The van der Waals surface area contributed by atoms with Crippen molar-refractivity contribution in [2.75, 3.05) is 13.3 Å². The van der Waals surface area contributed by atoms with E-state index in [1.54, 1.807) is 0 Å². The Morgan fingerprint density at radius 2 is 1.91 bits per heavy atom. The van der Waals surface area contributed by atoms with Crippen LogP contribution in [0.2, 0.25) is 0 Å². The zero-order chi connectivity index (χ0) is 15.0. The molecule has 2 heterocycles. The minimum Gasteiger partial charge on any atom is -0.358 e. The predicted molar refractivity (Wildman–Crippen MR) is 84.1 cm³/mol. The summed E-state index contributed by atoms with van der Waals surface area (Å²) in [5.41, 5.74) is 2.18. The average Bonchev–Trinajstić information content (AvgIpc) is 2.77. The number of rotatable bonds is 1. The zero-order valence-electron chi connectivity index (χ0n) is 13.5. The van der Waals surface area contributed by atoms with E-state index in [0.717, 1.165) is 19.8 Å². The average molecular weight is 299 g/mol. The van der Waals surface area contributed by atoms with Crippen LogP contribution in [0.15, 0.2) is 30.3 Å². The maximum absolute atomic E-state index is 6.56. The van der Waals surface area contributed by atoms with E-state index in [1.807, 2.05) is 0 Å². The van der Waals surface area contributed by atoms with Gasteiger partial charge < -0.3 is 9.47 Å². The summed E-state index contributed by atoms with van der Waals surface area (Å²) < 4.78 is 12.7. The van der Waals surface area contributed by atoms with Crippen LogP contribution in [0.3, 0.4) is 0 Å². The topological polar surface area (TPSA) is 21.7 Å². The molecule has 2 unspecified atom stereocenters. The van der Waals surface area contributed by atoms with Gasteiger partial charge in [0, 0.05) is 16.9 Å².